The largest absolute Gasteiger partial charge is 0.376 e. The second kappa shape index (κ2) is 7.88. The van der Waals surface area contributed by atoms with Gasteiger partial charge in [-0.15, -0.1) is 0 Å². The second-order valence-electron chi connectivity index (χ2n) is 5.54. The number of nitrogens with zero attached hydrogens (tertiary/aromatic N) is 2. The first-order valence-electron chi connectivity index (χ1n) is 7.44. The molecule has 126 valence electrons. The fraction of sp³-hybridized carbons (Fsp3) is 0.222. The minimum absolute atomic E-state index is 0.0723. The molecule has 1 unspecified atom stereocenters. The number of nitrogens with one attached hydrogen (secondary N) is 1. The minimum Gasteiger partial charge on any atom is -0.376 e. The summed E-state index contributed by atoms with van der Waals surface area (Å²) in [5.41, 5.74) is 2.28. The zero-order chi connectivity index (χ0) is 17.7. The summed E-state index contributed by atoms with van der Waals surface area (Å²) in [6, 6.07) is 14.4. The topological polar surface area (TPSA) is 64.5 Å². The Morgan fingerprint density at radius 3 is 2.17 bits per heavy atom. The number of para-hydroxylation sites is 2. The van der Waals surface area contributed by atoms with Gasteiger partial charge >= 0.3 is 0 Å². The van der Waals surface area contributed by atoms with Crippen LogP contribution in [0.25, 0.3) is 0 Å². The molecule has 2 aromatic rings. The van der Waals surface area contributed by atoms with E-state index in [4.69, 9.17) is 5.41 Å². The molecule has 1 N–H and O–H groups in total. The summed E-state index contributed by atoms with van der Waals surface area (Å²) in [6.07, 6.45) is 2.77. The Balaban J connectivity index is 2.23. The van der Waals surface area contributed by atoms with Gasteiger partial charge in [-0.05, 0) is 24.3 Å². The summed E-state index contributed by atoms with van der Waals surface area (Å²) in [4.78, 5) is 16.8. The SMILES string of the molecule is CN(C)c1ccccc1N(C=N)CC(=O)c1ccc(S(C)=O)cc1. The Morgan fingerprint density at radius 1 is 1.08 bits per heavy atom. The molecule has 0 aliphatic rings. The van der Waals surface area contributed by atoms with Gasteiger partial charge < -0.3 is 9.80 Å². The van der Waals surface area contributed by atoms with Crippen molar-refractivity contribution in [2.75, 3.05) is 36.7 Å². The number of ketones is 1. The van der Waals surface area contributed by atoms with E-state index in [1.165, 1.54) is 0 Å². The molecule has 0 spiro atoms. The van der Waals surface area contributed by atoms with E-state index in [0.29, 0.717) is 10.5 Å². The van der Waals surface area contributed by atoms with Crippen LogP contribution in [0.2, 0.25) is 0 Å². The number of Topliss-reactive ketones (excluding diaryl/α,β-unsaturated/α-hetero) is 1. The summed E-state index contributed by atoms with van der Waals surface area (Å²) >= 11 is 0. The van der Waals surface area contributed by atoms with Crippen LogP contribution in [0.1, 0.15) is 10.4 Å². The molecule has 0 bridgehead atoms. The molecule has 2 rings (SSSR count). The zero-order valence-corrected chi connectivity index (χ0v) is 14.8. The van der Waals surface area contributed by atoms with Crippen molar-refractivity contribution in [3.8, 4) is 0 Å². The molecule has 6 heteroatoms. The van der Waals surface area contributed by atoms with Crippen molar-refractivity contribution in [1.29, 1.82) is 5.41 Å². The van der Waals surface area contributed by atoms with Gasteiger partial charge in [-0.3, -0.25) is 14.4 Å². The molecule has 0 radical (unpaired) electrons. The van der Waals surface area contributed by atoms with Gasteiger partial charge in [-0.25, -0.2) is 0 Å². The van der Waals surface area contributed by atoms with Crippen LogP contribution in [0, 0.1) is 5.41 Å². The van der Waals surface area contributed by atoms with Gasteiger partial charge in [0, 0.05) is 41.6 Å². The first-order valence-corrected chi connectivity index (χ1v) is 9.00. The van der Waals surface area contributed by atoms with Crippen molar-refractivity contribution >= 4 is 34.3 Å². The first-order chi connectivity index (χ1) is 11.4. The van der Waals surface area contributed by atoms with Crippen molar-refractivity contribution in [3.05, 3.63) is 54.1 Å². The first kappa shape index (κ1) is 17.9. The third-order valence-corrected chi connectivity index (χ3v) is 4.59. The molecule has 24 heavy (non-hydrogen) atoms. The zero-order valence-electron chi connectivity index (χ0n) is 14.0. The number of carbonyl (C=O) groups is 1. The van der Waals surface area contributed by atoms with Gasteiger partial charge in [0.15, 0.2) is 5.78 Å². The van der Waals surface area contributed by atoms with Gasteiger partial charge in [0.2, 0.25) is 0 Å². The maximum absolute atomic E-state index is 12.5. The third kappa shape index (κ3) is 4.08. The van der Waals surface area contributed by atoms with Crippen LogP contribution < -0.4 is 9.80 Å². The van der Waals surface area contributed by atoms with Crippen molar-refractivity contribution < 1.29 is 9.00 Å². The van der Waals surface area contributed by atoms with Crippen LogP contribution in [0.4, 0.5) is 11.4 Å². The molecule has 0 heterocycles. The average Bonchev–Trinajstić information content (AvgIpc) is 2.59. The molecule has 0 aromatic heterocycles. The fourth-order valence-electron chi connectivity index (χ4n) is 2.36. The standard InChI is InChI=1S/C18H21N3O2S/c1-20(2)16-6-4-5-7-17(16)21(13-19)12-18(22)14-8-10-15(11-9-14)24(3)23/h4-11,13,19H,12H2,1-3H3. The molecule has 0 amide bonds. The summed E-state index contributed by atoms with van der Waals surface area (Å²) < 4.78 is 11.4. The molecular weight excluding hydrogens is 322 g/mol. The Hall–Kier alpha value is -2.47. The van der Waals surface area contributed by atoms with E-state index >= 15 is 0 Å². The van der Waals surface area contributed by atoms with E-state index in [-0.39, 0.29) is 12.3 Å². The molecule has 0 saturated heterocycles. The maximum Gasteiger partial charge on any atom is 0.182 e. The van der Waals surface area contributed by atoms with Crippen LogP contribution in [0.15, 0.2) is 53.4 Å². The summed E-state index contributed by atoms with van der Waals surface area (Å²) in [5, 5.41) is 7.67. The van der Waals surface area contributed by atoms with Crippen LogP contribution in [0.5, 0.6) is 0 Å². The Kier molecular flexibility index (Phi) is 5.87. The van der Waals surface area contributed by atoms with E-state index in [1.807, 2.05) is 43.3 Å². The number of benzene rings is 2. The monoisotopic (exact) mass is 343 g/mol. The highest BCUT2D eigenvalue weighted by molar-refractivity contribution is 7.84. The van der Waals surface area contributed by atoms with Gasteiger partial charge in [0.25, 0.3) is 0 Å². The predicted octanol–water partition coefficient (Wildman–Crippen LogP) is 2.79. The lowest BCUT2D eigenvalue weighted by atomic mass is 10.1. The average molecular weight is 343 g/mol. The number of carbonyl (C=O) groups excluding carboxylic acids is 1. The van der Waals surface area contributed by atoms with E-state index in [2.05, 4.69) is 0 Å². The normalized spacial score (nSPS) is 11.6. The lowest BCUT2D eigenvalue weighted by Gasteiger charge is -2.25. The van der Waals surface area contributed by atoms with Gasteiger partial charge in [0.05, 0.1) is 24.3 Å². The molecule has 0 aliphatic heterocycles. The van der Waals surface area contributed by atoms with Crippen molar-refractivity contribution in [3.63, 3.8) is 0 Å². The van der Waals surface area contributed by atoms with Crippen LogP contribution >= 0.6 is 0 Å². The minimum atomic E-state index is -1.06. The molecule has 0 aliphatic carbocycles. The van der Waals surface area contributed by atoms with Crippen LogP contribution in [-0.4, -0.2) is 43.2 Å². The Labute approximate surface area is 144 Å². The number of hydrogen-bond acceptors (Lipinski definition) is 4. The summed E-state index contributed by atoms with van der Waals surface area (Å²) in [5.74, 6) is -0.0968. The molecular formula is C18H21N3O2S. The summed E-state index contributed by atoms with van der Waals surface area (Å²) in [7, 11) is 2.78. The van der Waals surface area contributed by atoms with Crippen molar-refractivity contribution in [2.24, 2.45) is 0 Å². The highest BCUT2D eigenvalue weighted by atomic mass is 32.2. The lowest BCUT2D eigenvalue weighted by molar-refractivity contribution is 0.100. The molecule has 0 fully saturated rings. The van der Waals surface area contributed by atoms with E-state index in [1.54, 1.807) is 35.4 Å². The summed E-state index contributed by atoms with van der Waals surface area (Å²) in [6.45, 7) is 0.0723. The number of hydrogen-bond donors (Lipinski definition) is 1. The fourth-order valence-corrected chi connectivity index (χ4v) is 2.88. The van der Waals surface area contributed by atoms with Crippen molar-refractivity contribution in [1.82, 2.24) is 0 Å². The Bertz CT molecular complexity index is 757. The predicted molar refractivity (Wildman–Crippen MR) is 100 cm³/mol. The molecule has 1 atom stereocenters. The number of rotatable bonds is 7. The maximum atomic E-state index is 12.5. The quantitative estimate of drug-likeness (QED) is 0.477. The second-order valence-corrected chi connectivity index (χ2v) is 6.92. The Morgan fingerprint density at radius 2 is 1.67 bits per heavy atom. The lowest BCUT2D eigenvalue weighted by Crippen LogP contribution is -2.29. The highest BCUT2D eigenvalue weighted by Gasteiger charge is 2.15. The molecule has 5 nitrogen and oxygen atoms in total. The van der Waals surface area contributed by atoms with Crippen LogP contribution in [0.3, 0.4) is 0 Å². The third-order valence-electron chi connectivity index (χ3n) is 3.65. The van der Waals surface area contributed by atoms with Crippen LogP contribution in [-0.2, 0) is 10.8 Å². The highest BCUT2D eigenvalue weighted by Crippen LogP contribution is 2.27. The van der Waals surface area contributed by atoms with Gasteiger partial charge in [-0.2, -0.15) is 0 Å². The number of anilines is 2. The molecule has 0 saturated carbocycles. The van der Waals surface area contributed by atoms with E-state index < -0.39 is 10.8 Å². The smallest absolute Gasteiger partial charge is 0.182 e. The molecule has 2 aromatic carbocycles. The van der Waals surface area contributed by atoms with E-state index in [9.17, 15) is 9.00 Å². The van der Waals surface area contributed by atoms with E-state index in [0.717, 1.165) is 17.7 Å². The van der Waals surface area contributed by atoms with Crippen molar-refractivity contribution in [2.45, 2.75) is 4.90 Å². The van der Waals surface area contributed by atoms with Gasteiger partial charge in [-0.1, -0.05) is 24.3 Å². The van der Waals surface area contributed by atoms with Gasteiger partial charge in [0.1, 0.15) is 0 Å².